The van der Waals surface area contributed by atoms with Gasteiger partial charge in [0.15, 0.2) is 5.96 Å². The lowest BCUT2D eigenvalue weighted by Crippen LogP contribution is -2.38. The van der Waals surface area contributed by atoms with E-state index < -0.39 is 0 Å². The smallest absolute Gasteiger partial charge is 0.305 e. The minimum Gasteiger partial charge on any atom is -0.497 e. The zero-order valence-corrected chi connectivity index (χ0v) is 18.9. The average molecular weight is 493 g/mol. The first-order valence-corrected chi connectivity index (χ1v) is 8.98. The molecule has 0 bridgehead atoms. The van der Waals surface area contributed by atoms with Crippen LogP contribution >= 0.6 is 24.0 Å². The van der Waals surface area contributed by atoms with Crippen molar-refractivity contribution in [2.24, 2.45) is 4.99 Å². The number of methoxy groups -OCH3 is 2. The first-order valence-electron chi connectivity index (χ1n) is 8.98. The van der Waals surface area contributed by atoms with Crippen LogP contribution in [0.1, 0.15) is 33.1 Å². The summed E-state index contributed by atoms with van der Waals surface area (Å²) in [5, 5.41) is 6.46. The Kier molecular flexibility index (Phi) is 14.4. The molecule has 1 unspecified atom stereocenters. The van der Waals surface area contributed by atoms with Crippen molar-refractivity contribution in [3.63, 3.8) is 0 Å². The molecular formula is C19H32IN3O4. The Bertz CT molecular complexity index is 570. The Morgan fingerprint density at radius 1 is 1.19 bits per heavy atom. The first kappa shape index (κ1) is 25.3. The third-order valence-electron chi connectivity index (χ3n) is 3.56. The molecule has 27 heavy (non-hydrogen) atoms. The maximum atomic E-state index is 11.1. The number of hydrogen-bond donors (Lipinski definition) is 2. The molecule has 1 atom stereocenters. The van der Waals surface area contributed by atoms with E-state index in [0.29, 0.717) is 13.0 Å². The summed E-state index contributed by atoms with van der Waals surface area (Å²) < 4.78 is 15.7. The maximum absolute atomic E-state index is 11.1. The van der Waals surface area contributed by atoms with Gasteiger partial charge in [0.2, 0.25) is 0 Å². The summed E-state index contributed by atoms with van der Waals surface area (Å²) in [6.45, 7) is 6.04. The number of nitrogens with one attached hydrogen (secondary N) is 2. The second-order valence-corrected chi connectivity index (χ2v) is 5.79. The highest BCUT2D eigenvalue weighted by Gasteiger charge is 2.06. The molecule has 0 saturated heterocycles. The molecule has 0 radical (unpaired) electrons. The average Bonchev–Trinajstić information content (AvgIpc) is 2.65. The van der Waals surface area contributed by atoms with Crippen LogP contribution in [-0.2, 0) is 9.53 Å². The fourth-order valence-electron chi connectivity index (χ4n) is 2.21. The molecule has 0 aliphatic heterocycles. The lowest BCUT2D eigenvalue weighted by atomic mass is 10.2. The molecule has 1 aromatic rings. The number of esters is 1. The second-order valence-electron chi connectivity index (χ2n) is 5.79. The van der Waals surface area contributed by atoms with E-state index in [-0.39, 0.29) is 36.0 Å². The molecule has 1 rings (SSSR count). The van der Waals surface area contributed by atoms with Crippen molar-refractivity contribution in [2.75, 3.05) is 33.9 Å². The van der Waals surface area contributed by atoms with Gasteiger partial charge in [0.05, 0.1) is 20.8 Å². The largest absolute Gasteiger partial charge is 0.497 e. The lowest BCUT2D eigenvalue weighted by molar-refractivity contribution is -0.140. The number of guanidine groups is 1. The van der Waals surface area contributed by atoms with Crippen LogP contribution in [0, 0.1) is 0 Å². The van der Waals surface area contributed by atoms with E-state index in [1.807, 2.05) is 38.1 Å². The van der Waals surface area contributed by atoms with Crippen LogP contribution in [0.5, 0.6) is 11.5 Å². The monoisotopic (exact) mass is 493 g/mol. The molecule has 0 saturated carbocycles. The number of ether oxygens (including phenoxy) is 3. The quantitative estimate of drug-likeness (QED) is 0.162. The van der Waals surface area contributed by atoms with E-state index in [0.717, 1.165) is 43.4 Å². The number of carbonyl (C=O) groups is 1. The third kappa shape index (κ3) is 11.6. The molecule has 2 N–H and O–H groups in total. The van der Waals surface area contributed by atoms with Gasteiger partial charge in [-0.3, -0.25) is 4.79 Å². The number of nitrogens with zero attached hydrogens (tertiary/aromatic N) is 1. The van der Waals surface area contributed by atoms with Crippen molar-refractivity contribution in [3.05, 3.63) is 24.3 Å². The number of aliphatic imine (C=N–C) groups is 1. The number of halogens is 1. The van der Waals surface area contributed by atoms with Gasteiger partial charge in [0.1, 0.15) is 17.6 Å². The molecule has 7 nitrogen and oxygen atoms in total. The van der Waals surface area contributed by atoms with Gasteiger partial charge in [-0.1, -0.05) is 6.07 Å². The standard InChI is InChI=1S/C19H31N3O4.HI/c1-5-20-19(21-12-7-6-11-18(23)25-4)22-14-15(2)26-17-10-8-9-16(13-17)24-3;/h8-10,13,15H,5-7,11-12,14H2,1-4H3,(H2,20,21,22);1H. The van der Waals surface area contributed by atoms with Crippen molar-refractivity contribution < 1.29 is 19.0 Å². The normalized spacial score (nSPS) is 11.8. The van der Waals surface area contributed by atoms with Gasteiger partial charge in [-0.15, -0.1) is 24.0 Å². The molecule has 0 aliphatic carbocycles. The number of hydrogen-bond acceptors (Lipinski definition) is 5. The van der Waals surface area contributed by atoms with E-state index in [2.05, 4.69) is 20.4 Å². The Balaban J connectivity index is 0.00000676. The molecular weight excluding hydrogens is 461 g/mol. The van der Waals surface area contributed by atoms with E-state index in [1.165, 1.54) is 7.11 Å². The van der Waals surface area contributed by atoms with E-state index in [1.54, 1.807) is 7.11 Å². The third-order valence-corrected chi connectivity index (χ3v) is 3.56. The Morgan fingerprint density at radius 3 is 2.59 bits per heavy atom. The predicted octanol–water partition coefficient (Wildman–Crippen LogP) is 2.98. The highest BCUT2D eigenvalue weighted by molar-refractivity contribution is 14.0. The lowest BCUT2D eigenvalue weighted by Gasteiger charge is -2.15. The van der Waals surface area contributed by atoms with Crippen LogP contribution < -0.4 is 20.1 Å². The van der Waals surface area contributed by atoms with Gasteiger partial charge in [-0.25, -0.2) is 4.99 Å². The van der Waals surface area contributed by atoms with Crippen molar-refractivity contribution in [1.82, 2.24) is 10.6 Å². The zero-order chi connectivity index (χ0) is 19.2. The SMILES string of the molecule is CCNC(=NCC(C)Oc1cccc(OC)c1)NCCCCC(=O)OC.I. The van der Waals surface area contributed by atoms with Crippen LogP contribution in [-0.4, -0.2) is 51.9 Å². The summed E-state index contributed by atoms with van der Waals surface area (Å²) in [5.41, 5.74) is 0. The fraction of sp³-hybridized carbons (Fsp3) is 0.579. The topological polar surface area (TPSA) is 81.2 Å². The molecule has 0 spiro atoms. The van der Waals surface area contributed by atoms with E-state index >= 15 is 0 Å². The number of unbranched alkanes of at least 4 members (excludes halogenated alkanes) is 1. The van der Waals surface area contributed by atoms with E-state index in [9.17, 15) is 4.79 Å². The van der Waals surface area contributed by atoms with Gasteiger partial charge in [0, 0.05) is 25.6 Å². The summed E-state index contributed by atoms with van der Waals surface area (Å²) in [5.74, 6) is 2.09. The summed E-state index contributed by atoms with van der Waals surface area (Å²) in [6, 6.07) is 7.52. The molecule has 0 aromatic heterocycles. The minimum atomic E-state index is -0.172. The fourth-order valence-corrected chi connectivity index (χ4v) is 2.21. The number of rotatable bonds is 11. The number of benzene rings is 1. The molecule has 0 heterocycles. The van der Waals surface area contributed by atoms with Crippen LogP contribution in [0.25, 0.3) is 0 Å². The van der Waals surface area contributed by atoms with Crippen LogP contribution in [0.3, 0.4) is 0 Å². The number of carbonyl (C=O) groups excluding carboxylic acids is 1. The van der Waals surface area contributed by atoms with Gasteiger partial charge in [-0.2, -0.15) is 0 Å². The summed E-state index contributed by atoms with van der Waals surface area (Å²) >= 11 is 0. The van der Waals surface area contributed by atoms with Crippen LogP contribution in [0.2, 0.25) is 0 Å². The van der Waals surface area contributed by atoms with Crippen molar-refractivity contribution in [3.8, 4) is 11.5 Å². The van der Waals surface area contributed by atoms with Crippen molar-refractivity contribution in [2.45, 2.75) is 39.2 Å². The Morgan fingerprint density at radius 2 is 1.93 bits per heavy atom. The minimum absolute atomic E-state index is 0. The highest BCUT2D eigenvalue weighted by atomic mass is 127. The summed E-state index contributed by atoms with van der Waals surface area (Å²) in [4.78, 5) is 15.6. The van der Waals surface area contributed by atoms with E-state index in [4.69, 9.17) is 9.47 Å². The molecule has 0 aliphatic rings. The Labute approximate surface area is 179 Å². The van der Waals surface area contributed by atoms with Crippen LogP contribution in [0.4, 0.5) is 0 Å². The zero-order valence-electron chi connectivity index (χ0n) is 16.6. The van der Waals surface area contributed by atoms with Gasteiger partial charge in [-0.05, 0) is 38.8 Å². The van der Waals surface area contributed by atoms with Gasteiger partial charge in [0.25, 0.3) is 0 Å². The highest BCUT2D eigenvalue weighted by Crippen LogP contribution is 2.19. The summed E-state index contributed by atoms with van der Waals surface area (Å²) in [6.07, 6.45) is 2.03. The van der Waals surface area contributed by atoms with Crippen LogP contribution in [0.15, 0.2) is 29.3 Å². The second kappa shape index (κ2) is 15.4. The summed E-state index contributed by atoms with van der Waals surface area (Å²) in [7, 11) is 3.04. The molecule has 154 valence electrons. The van der Waals surface area contributed by atoms with Crippen molar-refractivity contribution in [1.29, 1.82) is 0 Å². The van der Waals surface area contributed by atoms with Crippen molar-refractivity contribution >= 4 is 35.9 Å². The van der Waals surface area contributed by atoms with Gasteiger partial charge < -0.3 is 24.8 Å². The predicted molar refractivity (Wildman–Crippen MR) is 118 cm³/mol. The molecule has 8 heteroatoms. The molecule has 1 aromatic carbocycles. The molecule has 0 amide bonds. The molecule has 0 fully saturated rings. The van der Waals surface area contributed by atoms with Gasteiger partial charge >= 0.3 is 5.97 Å². The Hall–Kier alpha value is -1.71. The first-order chi connectivity index (χ1) is 12.6. The maximum Gasteiger partial charge on any atom is 0.305 e.